The van der Waals surface area contributed by atoms with Crippen molar-refractivity contribution in [1.29, 1.82) is 0 Å². The molecule has 0 saturated carbocycles. The first-order chi connectivity index (χ1) is 16.0. The maximum atomic E-state index is 13.9. The van der Waals surface area contributed by atoms with E-state index in [1.54, 1.807) is 24.5 Å². The van der Waals surface area contributed by atoms with E-state index in [1.165, 1.54) is 24.3 Å². The summed E-state index contributed by atoms with van der Waals surface area (Å²) in [5.74, 6) is -2.97. The van der Waals surface area contributed by atoms with Crippen LogP contribution in [0.2, 0.25) is 0 Å². The number of hydrogen-bond acceptors (Lipinski definition) is 5. The first-order valence-corrected chi connectivity index (χ1v) is 11.1. The molecule has 4 aromatic rings. The Labute approximate surface area is 190 Å². The number of amides is 1. The third-order valence-corrected chi connectivity index (χ3v) is 6.56. The summed E-state index contributed by atoms with van der Waals surface area (Å²) in [7, 11) is -4.20. The third-order valence-electron chi connectivity index (χ3n) is 4.79. The van der Waals surface area contributed by atoms with E-state index in [2.05, 4.69) is 20.0 Å². The lowest BCUT2D eigenvalue weighted by Crippen LogP contribution is -2.23. The van der Waals surface area contributed by atoms with Crippen LogP contribution in [-0.4, -0.2) is 30.7 Å². The van der Waals surface area contributed by atoms with Crippen LogP contribution in [-0.2, 0) is 16.4 Å². The Morgan fingerprint density at radius 3 is 2.38 bits per heavy atom. The lowest BCUT2D eigenvalue weighted by Gasteiger charge is -2.11. The van der Waals surface area contributed by atoms with Crippen molar-refractivity contribution in [3.05, 3.63) is 84.1 Å². The van der Waals surface area contributed by atoms with Crippen LogP contribution in [0.25, 0.3) is 10.9 Å². The number of fused-ring (bicyclic) bond motifs is 1. The van der Waals surface area contributed by atoms with Gasteiger partial charge in [-0.1, -0.05) is 12.1 Å². The molecule has 34 heavy (non-hydrogen) atoms. The quantitative estimate of drug-likeness (QED) is 0.389. The lowest BCUT2D eigenvalue weighted by molar-refractivity contribution is -0.275. The van der Waals surface area contributed by atoms with Crippen LogP contribution in [0.5, 0.6) is 5.75 Å². The summed E-state index contributed by atoms with van der Waals surface area (Å²) in [4.78, 5) is 18.6. The summed E-state index contributed by atoms with van der Waals surface area (Å²) in [6.45, 7) is 0.102. The lowest BCUT2D eigenvalue weighted by atomic mass is 10.2. The second-order valence-electron chi connectivity index (χ2n) is 7.12. The molecule has 0 fully saturated rings. The van der Waals surface area contributed by atoms with Gasteiger partial charge in [0.15, 0.2) is 11.6 Å². The number of hydrogen-bond donors (Lipinski definition) is 2. The number of carbonyl (C=O) groups excluding carboxylic acids is 1. The van der Waals surface area contributed by atoms with Crippen molar-refractivity contribution in [2.24, 2.45) is 0 Å². The maximum absolute atomic E-state index is 13.9. The summed E-state index contributed by atoms with van der Waals surface area (Å²) in [5, 5.41) is 3.48. The van der Waals surface area contributed by atoms with Crippen molar-refractivity contribution in [2.45, 2.75) is 22.7 Å². The summed E-state index contributed by atoms with van der Waals surface area (Å²) in [5.41, 5.74) is 1.68. The molecule has 0 saturated heterocycles. The number of halogens is 4. The SMILES string of the molecule is O=C(NCc1ccc(S(=O)(=O)c2ccc(OC(F)(F)F)c(F)c2)cc1)c1cc2cnccc2[nH]1. The van der Waals surface area contributed by atoms with Crippen molar-refractivity contribution in [2.75, 3.05) is 0 Å². The van der Waals surface area contributed by atoms with Crippen molar-refractivity contribution in [3.63, 3.8) is 0 Å². The molecular weight excluding hydrogens is 478 g/mol. The molecule has 0 aliphatic rings. The van der Waals surface area contributed by atoms with Gasteiger partial charge in [0.05, 0.1) is 9.79 Å². The molecule has 0 aliphatic heterocycles. The predicted octanol–water partition coefficient (Wildman–Crippen LogP) is 4.36. The molecule has 0 radical (unpaired) electrons. The fraction of sp³-hybridized carbons (Fsp3) is 0.0909. The van der Waals surface area contributed by atoms with Crippen LogP contribution in [0.4, 0.5) is 17.6 Å². The van der Waals surface area contributed by atoms with Gasteiger partial charge in [-0.3, -0.25) is 9.78 Å². The van der Waals surface area contributed by atoms with E-state index in [4.69, 9.17) is 0 Å². The molecule has 2 heterocycles. The number of carbonyl (C=O) groups is 1. The number of aromatic nitrogens is 2. The zero-order valence-electron chi connectivity index (χ0n) is 17.1. The van der Waals surface area contributed by atoms with Crippen LogP contribution < -0.4 is 10.1 Å². The summed E-state index contributed by atoms with van der Waals surface area (Å²) in [6.07, 6.45) is -1.91. The molecule has 2 aromatic heterocycles. The Hall–Kier alpha value is -3.93. The normalized spacial score (nSPS) is 12.0. The van der Waals surface area contributed by atoms with Crippen molar-refractivity contribution in [3.8, 4) is 5.75 Å². The van der Waals surface area contributed by atoms with Crippen molar-refractivity contribution < 1.29 is 35.5 Å². The van der Waals surface area contributed by atoms with Gasteiger partial charge in [-0.15, -0.1) is 13.2 Å². The average Bonchev–Trinajstić information content (AvgIpc) is 3.23. The fourth-order valence-corrected chi connectivity index (χ4v) is 4.42. The van der Waals surface area contributed by atoms with E-state index >= 15 is 0 Å². The first kappa shape index (κ1) is 23.2. The fourth-order valence-electron chi connectivity index (χ4n) is 3.15. The second kappa shape index (κ2) is 8.78. The van der Waals surface area contributed by atoms with Crippen LogP contribution in [0.3, 0.4) is 0 Å². The minimum absolute atomic E-state index is 0.102. The Morgan fingerprint density at radius 2 is 1.74 bits per heavy atom. The molecule has 176 valence electrons. The highest BCUT2D eigenvalue weighted by Gasteiger charge is 2.33. The van der Waals surface area contributed by atoms with Crippen LogP contribution in [0, 0.1) is 5.82 Å². The number of nitrogens with one attached hydrogen (secondary N) is 2. The average molecular weight is 493 g/mol. The standard InChI is InChI=1S/C22H15F4N3O4S/c23-17-10-16(5-6-20(17)33-22(24,25)26)34(31,32)15-3-1-13(2-4-15)11-28-21(30)19-9-14-12-27-8-7-18(14)29-19/h1-10,12,29H,11H2,(H,28,30). The molecule has 1 amide bonds. The van der Waals surface area contributed by atoms with E-state index < -0.39 is 32.7 Å². The number of rotatable bonds is 6. The molecule has 4 rings (SSSR count). The monoisotopic (exact) mass is 493 g/mol. The zero-order chi connectivity index (χ0) is 24.5. The van der Waals surface area contributed by atoms with Gasteiger partial charge in [0.2, 0.25) is 9.84 Å². The van der Waals surface area contributed by atoms with Gasteiger partial charge in [-0.25, -0.2) is 12.8 Å². The minimum atomic E-state index is -5.11. The molecule has 0 aliphatic carbocycles. The molecule has 0 bridgehead atoms. The number of aromatic amines is 1. The van der Waals surface area contributed by atoms with E-state index in [0.29, 0.717) is 23.4 Å². The predicted molar refractivity (Wildman–Crippen MR) is 112 cm³/mol. The minimum Gasteiger partial charge on any atom is -0.403 e. The smallest absolute Gasteiger partial charge is 0.403 e. The summed E-state index contributed by atoms with van der Waals surface area (Å²) < 4.78 is 79.7. The molecule has 2 aromatic carbocycles. The molecule has 2 N–H and O–H groups in total. The van der Waals surface area contributed by atoms with E-state index in [1.807, 2.05) is 0 Å². The number of H-pyrrole nitrogens is 1. The molecule has 0 unspecified atom stereocenters. The number of alkyl halides is 3. The largest absolute Gasteiger partial charge is 0.573 e. The van der Waals surface area contributed by atoms with E-state index in [-0.39, 0.29) is 17.3 Å². The van der Waals surface area contributed by atoms with Gasteiger partial charge in [0, 0.05) is 29.8 Å². The third kappa shape index (κ3) is 5.01. The highest BCUT2D eigenvalue weighted by atomic mass is 32.2. The summed E-state index contributed by atoms with van der Waals surface area (Å²) >= 11 is 0. The van der Waals surface area contributed by atoms with Gasteiger partial charge < -0.3 is 15.0 Å². The highest BCUT2D eigenvalue weighted by Crippen LogP contribution is 2.29. The number of nitrogens with zero attached hydrogens (tertiary/aromatic N) is 1. The van der Waals surface area contributed by atoms with Gasteiger partial charge in [0.1, 0.15) is 5.69 Å². The van der Waals surface area contributed by atoms with Crippen LogP contribution in [0.1, 0.15) is 16.1 Å². The van der Waals surface area contributed by atoms with Crippen molar-refractivity contribution in [1.82, 2.24) is 15.3 Å². The topological polar surface area (TPSA) is 101 Å². The van der Waals surface area contributed by atoms with Gasteiger partial charge >= 0.3 is 6.36 Å². The van der Waals surface area contributed by atoms with Gasteiger partial charge in [-0.05, 0) is 48.0 Å². The first-order valence-electron chi connectivity index (χ1n) is 9.63. The maximum Gasteiger partial charge on any atom is 0.573 e. The summed E-state index contributed by atoms with van der Waals surface area (Å²) in [6, 6.07) is 10.7. The van der Waals surface area contributed by atoms with E-state index in [0.717, 1.165) is 17.0 Å². The molecular formula is C22H15F4N3O4S. The number of ether oxygens (including phenoxy) is 1. The van der Waals surface area contributed by atoms with Crippen LogP contribution in [0.15, 0.2) is 76.8 Å². The molecule has 12 heteroatoms. The molecule has 0 atom stereocenters. The molecule has 0 spiro atoms. The number of pyridine rings is 1. The Morgan fingerprint density at radius 1 is 1.03 bits per heavy atom. The Bertz CT molecular complexity index is 1430. The van der Waals surface area contributed by atoms with Crippen molar-refractivity contribution >= 4 is 26.6 Å². The van der Waals surface area contributed by atoms with Gasteiger partial charge in [0.25, 0.3) is 5.91 Å². The second-order valence-corrected chi connectivity index (χ2v) is 9.07. The highest BCUT2D eigenvalue weighted by molar-refractivity contribution is 7.91. The van der Waals surface area contributed by atoms with Crippen LogP contribution >= 0.6 is 0 Å². The van der Waals surface area contributed by atoms with E-state index in [9.17, 15) is 30.8 Å². The zero-order valence-corrected chi connectivity index (χ0v) is 17.9. The Kier molecular flexibility index (Phi) is 6.00. The van der Waals surface area contributed by atoms with Gasteiger partial charge in [-0.2, -0.15) is 0 Å². The Balaban J connectivity index is 1.45. The molecule has 7 nitrogen and oxygen atoms in total. The number of benzene rings is 2. The number of sulfone groups is 1.